The van der Waals surface area contributed by atoms with E-state index >= 15 is 0 Å². The highest BCUT2D eigenvalue weighted by molar-refractivity contribution is 7.88. The number of nitrogens with zero attached hydrogens (tertiary/aromatic N) is 1. The molecule has 0 heterocycles. The van der Waals surface area contributed by atoms with Crippen molar-refractivity contribution in [3.05, 3.63) is 24.3 Å². The van der Waals surface area contributed by atoms with Crippen molar-refractivity contribution >= 4 is 27.8 Å². The normalized spacial score (nSPS) is 10.6. The van der Waals surface area contributed by atoms with Gasteiger partial charge >= 0.3 is 12.1 Å². The summed E-state index contributed by atoms with van der Waals surface area (Å²) in [6.07, 6.45) is 0.852. The number of nitrogens with one attached hydrogen (secondary N) is 2. The predicted molar refractivity (Wildman–Crippen MR) is 73.2 cm³/mol. The summed E-state index contributed by atoms with van der Waals surface area (Å²) in [4.78, 5) is 23.1. The predicted octanol–water partition coefficient (Wildman–Crippen LogP) is 0.828. The second kappa shape index (κ2) is 6.24. The van der Waals surface area contributed by atoms with Gasteiger partial charge < -0.3 is 10.1 Å². The lowest BCUT2D eigenvalue weighted by atomic mass is 10.3. The van der Waals surface area contributed by atoms with Crippen LogP contribution >= 0.6 is 0 Å². The van der Waals surface area contributed by atoms with Crippen LogP contribution in [0.1, 0.15) is 0 Å². The fraction of sp³-hybridized carbons (Fsp3) is 0.273. The Balaban J connectivity index is 2.71. The summed E-state index contributed by atoms with van der Waals surface area (Å²) in [5, 5.41) is 4.27. The number of amides is 4. The molecular formula is C11H15N3O5S. The van der Waals surface area contributed by atoms with Crippen molar-refractivity contribution in [2.75, 3.05) is 25.7 Å². The van der Waals surface area contributed by atoms with Gasteiger partial charge in [0.25, 0.3) is 0 Å². The van der Waals surface area contributed by atoms with E-state index in [0.717, 1.165) is 13.3 Å². The molecule has 0 aliphatic heterocycles. The zero-order valence-corrected chi connectivity index (χ0v) is 12.0. The highest BCUT2D eigenvalue weighted by atomic mass is 32.2. The number of anilines is 1. The third kappa shape index (κ3) is 4.12. The number of benzene rings is 1. The zero-order chi connectivity index (χ0) is 15.3. The van der Waals surface area contributed by atoms with Crippen molar-refractivity contribution in [1.82, 2.24) is 9.62 Å². The van der Waals surface area contributed by atoms with E-state index in [1.54, 1.807) is 24.3 Å². The number of methoxy groups -OCH3 is 1. The molecule has 0 atom stereocenters. The Hall–Kier alpha value is -2.29. The van der Waals surface area contributed by atoms with Crippen molar-refractivity contribution in [3.63, 3.8) is 0 Å². The number of imide groups is 1. The first kappa shape index (κ1) is 15.8. The number of hydrogen-bond donors (Lipinski definition) is 2. The van der Waals surface area contributed by atoms with E-state index in [2.05, 4.69) is 5.32 Å². The molecule has 9 heteroatoms. The van der Waals surface area contributed by atoms with E-state index in [9.17, 15) is 18.0 Å². The van der Waals surface area contributed by atoms with Gasteiger partial charge in [0, 0.05) is 7.05 Å². The molecule has 0 fully saturated rings. The molecule has 110 valence electrons. The summed E-state index contributed by atoms with van der Waals surface area (Å²) < 4.78 is 27.7. The van der Waals surface area contributed by atoms with Crippen LogP contribution in [0.2, 0.25) is 0 Å². The molecule has 4 amide bonds. The molecule has 8 nitrogen and oxygen atoms in total. The molecule has 0 aliphatic rings. The van der Waals surface area contributed by atoms with Gasteiger partial charge in [0.2, 0.25) is 10.0 Å². The topological polar surface area (TPSA) is 105 Å². The van der Waals surface area contributed by atoms with Crippen LogP contribution in [0.25, 0.3) is 0 Å². The van der Waals surface area contributed by atoms with Crippen molar-refractivity contribution in [2.45, 2.75) is 0 Å². The summed E-state index contributed by atoms with van der Waals surface area (Å²) in [5.74, 6) is 0.409. The van der Waals surface area contributed by atoms with Gasteiger partial charge in [-0.25, -0.2) is 22.3 Å². The van der Waals surface area contributed by atoms with Gasteiger partial charge in [-0.2, -0.15) is 0 Å². The van der Waals surface area contributed by atoms with Gasteiger partial charge in [-0.3, -0.25) is 5.32 Å². The zero-order valence-electron chi connectivity index (χ0n) is 11.2. The van der Waals surface area contributed by atoms with Crippen LogP contribution in [0.4, 0.5) is 15.3 Å². The van der Waals surface area contributed by atoms with Gasteiger partial charge in [0.15, 0.2) is 0 Å². The number of carbonyl (C=O) groups excluding carboxylic acids is 2. The van der Waals surface area contributed by atoms with Gasteiger partial charge in [-0.15, -0.1) is 0 Å². The van der Waals surface area contributed by atoms with E-state index in [1.807, 2.05) is 5.32 Å². The van der Waals surface area contributed by atoms with Crippen LogP contribution in [-0.4, -0.2) is 45.2 Å². The molecule has 0 aromatic heterocycles. The quantitative estimate of drug-likeness (QED) is 0.860. The Morgan fingerprint density at radius 1 is 1.25 bits per heavy atom. The lowest BCUT2D eigenvalue weighted by molar-refractivity contribution is 0.223. The molecule has 1 rings (SSSR count). The molecule has 0 radical (unpaired) electrons. The van der Waals surface area contributed by atoms with Crippen molar-refractivity contribution in [1.29, 1.82) is 0 Å². The Morgan fingerprint density at radius 3 is 2.40 bits per heavy atom. The molecular weight excluding hydrogens is 286 g/mol. The minimum absolute atomic E-state index is 0.349. The summed E-state index contributed by atoms with van der Waals surface area (Å²) in [6.45, 7) is 0. The molecule has 2 N–H and O–H groups in total. The van der Waals surface area contributed by atoms with Gasteiger partial charge in [0.05, 0.1) is 19.1 Å². The minimum Gasteiger partial charge on any atom is -0.495 e. The average Bonchev–Trinajstić information content (AvgIpc) is 2.37. The standard InChI is InChI=1S/C11H15N3O5S/c1-14(20(3,17)18)11(16)13-10(15)12-8-6-4-5-7-9(8)19-2/h4-7H,1-3H3,(H2,12,13,15,16). The maximum atomic E-state index is 11.6. The molecule has 1 aromatic carbocycles. The fourth-order valence-electron chi connectivity index (χ4n) is 1.23. The number of hydrogen-bond acceptors (Lipinski definition) is 5. The summed E-state index contributed by atoms with van der Waals surface area (Å²) >= 11 is 0. The monoisotopic (exact) mass is 301 g/mol. The van der Waals surface area contributed by atoms with Crippen LogP contribution < -0.4 is 15.4 Å². The number of sulfonamides is 1. The van der Waals surface area contributed by atoms with Crippen LogP contribution in [0.3, 0.4) is 0 Å². The molecule has 20 heavy (non-hydrogen) atoms. The number of urea groups is 2. The Morgan fingerprint density at radius 2 is 1.85 bits per heavy atom. The Kier molecular flexibility index (Phi) is 4.92. The van der Waals surface area contributed by atoms with E-state index in [4.69, 9.17) is 4.74 Å². The van der Waals surface area contributed by atoms with Gasteiger partial charge in [-0.1, -0.05) is 12.1 Å². The number of rotatable bonds is 3. The van der Waals surface area contributed by atoms with E-state index in [1.165, 1.54) is 7.11 Å². The van der Waals surface area contributed by atoms with Gasteiger partial charge in [0.1, 0.15) is 5.75 Å². The van der Waals surface area contributed by atoms with E-state index in [0.29, 0.717) is 15.7 Å². The number of para-hydroxylation sites is 2. The van der Waals surface area contributed by atoms with Crippen LogP contribution in [0.15, 0.2) is 24.3 Å². The fourth-order valence-corrected chi connectivity index (χ4v) is 1.57. The third-order valence-corrected chi connectivity index (χ3v) is 3.52. The highest BCUT2D eigenvalue weighted by Gasteiger charge is 2.20. The van der Waals surface area contributed by atoms with Crippen molar-refractivity contribution < 1.29 is 22.7 Å². The lowest BCUT2D eigenvalue weighted by Gasteiger charge is -2.15. The van der Waals surface area contributed by atoms with Gasteiger partial charge in [-0.05, 0) is 12.1 Å². The second-order valence-corrected chi connectivity index (χ2v) is 5.83. The smallest absolute Gasteiger partial charge is 0.338 e. The Bertz CT molecular complexity index is 614. The molecule has 0 spiro atoms. The summed E-state index contributed by atoms with van der Waals surface area (Å²) in [6, 6.07) is 4.66. The lowest BCUT2D eigenvalue weighted by Crippen LogP contribution is -2.44. The maximum Gasteiger partial charge on any atom is 0.338 e. The summed E-state index contributed by atoms with van der Waals surface area (Å²) in [5.41, 5.74) is 0.349. The SMILES string of the molecule is COc1ccccc1NC(=O)NC(=O)N(C)S(C)(=O)=O. The Labute approximate surface area is 116 Å². The number of carbonyl (C=O) groups is 2. The second-order valence-electron chi connectivity index (χ2n) is 3.82. The minimum atomic E-state index is -3.72. The first-order chi connectivity index (χ1) is 9.25. The van der Waals surface area contributed by atoms with E-state index < -0.39 is 22.1 Å². The van der Waals surface area contributed by atoms with Crippen LogP contribution in [0, 0.1) is 0 Å². The van der Waals surface area contributed by atoms with Crippen molar-refractivity contribution in [2.24, 2.45) is 0 Å². The van der Waals surface area contributed by atoms with Crippen LogP contribution in [0.5, 0.6) is 5.75 Å². The highest BCUT2D eigenvalue weighted by Crippen LogP contribution is 2.22. The number of ether oxygens (including phenoxy) is 1. The largest absolute Gasteiger partial charge is 0.495 e. The molecule has 0 unspecified atom stereocenters. The van der Waals surface area contributed by atoms with Crippen LogP contribution in [-0.2, 0) is 10.0 Å². The molecule has 0 aliphatic carbocycles. The third-order valence-electron chi connectivity index (χ3n) is 2.36. The first-order valence-electron chi connectivity index (χ1n) is 5.44. The average molecular weight is 301 g/mol. The summed E-state index contributed by atoms with van der Waals surface area (Å²) in [7, 11) is -1.24. The molecule has 0 bridgehead atoms. The molecule has 0 saturated heterocycles. The van der Waals surface area contributed by atoms with Crippen molar-refractivity contribution in [3.8, 4) is 5.75 Å². The maximum absolute atomic E-state index is 11.6. The molecule has 0 saturated carbocycles. The molecule has 1 aromatic rings. The van der Waals surface area contributed by atoms with E-state index in [-0.39, 0.29) is 0 Å². The first-order valence-corrected chi connectivity index (χ1v) is 7.29.